The van der Waals surface area contributed by atoms with Gasteiger partial charge in [-0.25, -0.2) is 4.98 Å². The fourth-order valence-corrected chi connectivity index (χ4v) is 5.13. The fraction of sp³-hybridized carbons (Fsp3) is 0.500. The predicted octanol–water partition coefficient (Wildman–Crippen LogP) is 3.63. The maximum absolute atomic E-state index is 12.5. The van der Waals surface area contributed by atoms with Crippen LogP contribution in [0.1, 0.15) is 47.9 Å². The van der Waals surface area contributed by atoms with Gasteiger partial charge in [0.15, 0.2) is 0 Å². The van der Waals surface area contributed by atoms with Crippen LogP contribution in [-0.2, 0) is 6.54 Å². The van der Waals surface area contributed by atoms with Gasteiger partial charge in [-0.2, -0.15) is 9.61 Å². The number of likely N-dealkylation sites (tertiary alicyclic amines) is 1. The molecule has 29 heavy (non-hydrogen) atoms. The van der Waals surface area contributed by atoms with Crippen molar-refractivity contribution in [1.29, 1.82) is 0 Å². The molecular weight excluding hydrogens is 384 g/mol. The summed E-state index contributed by atoms with van der Waals surface area (Å²) in [5, 5.41) is 5.52. The molecule has 3 heterocycles. The molecule has 152 valence electrons. The van der Waals surface area contributed by atoms with Crippen molar-refractivity contribution in [1.82, 2.24) is 19.5 Å². The third kappa shape index (κ3) is 4.21. The van der Waals surface area contributed by atoms with Crippen LogP contribution in [0.15, 0.2) is 35.1 Å². The molecule has 0 spiro atoms. The summed E-state index contributed by atoms with van der Waals surface area (Å²) in [6, 6.07) is 9.82. The van der Waals surface area contributed by atoms with Crippen LogP contribution >= 0.6 is 11.3 Å². The highest BCUT2D eigenvalue weighted by Crippen LogP contribution is 2.41. The summed E-state index contributed by atoms with van der Waals surface area (Å²) >= 11 is 1.57. The number of ether oxygens (including phenoxy) is 1. The number of aromatic nitrogens is 3. The highest BCUT2D eigenvalue weighted by Gasteiger charge is 2.28. The number of hydrogen-bond donors (Lipinski definition) is 0. The second-order valence-corrected chi connectivity index (χ2v) is 9.30. The first-order chi connectivity index (χ1) is 14.2. The van der Waals surface area contributed by atoms with Crippen LogP contribution in [0.5, 0.6) is 5.75 Å². The molecule has 0 radical (unpaired) electrons. The first kappa shape index (κ1) is 18.8. The Kier molecular flexibility index (Phi) is 5.09. The van der Waals surface area contributed by atoms with Gasteiger partial charge in [0.05, 0.1) is 12.3 Å². The van der Waals surface area contributed by atoms with Crippen molar-refractivity contribution in [2.45, 2.75) is 45.1 Å². The highest BCUT2D eigenvalue weighted by atomic mass is 32.1. The minimum atomic E-state index is -0.0652. The van der Waals surface area contributed by atoms with Crippen LogP contribution in [0.4, 0.5) is 0 Å². The number of para-hydroxylation sites is 1. The van der Waals surface area contributed by atoms with E-state index in [1.165, 1.54) is 29.3 Å². The Balaban J connectivity index is 1.24. The molecule has 1 aliphatic heterocycles. The normalized spacial score (nSPS) is 20.2. The van der Waals surface area contributed by atoms with Crippen LogP contribution in [-0.4, -0.2) is 39.2 Å². The van der Waals surface area contributed by atoms with Gasteiger partial charge in [-0.3, -0.25) is 9.69 Å². The lowest BCUT2D eigenvalue weighted by molar-refractivity contribution is 0.124. The molecule has 2 aliphatic rings. The summed E-state index contributed by atoms with van der Waals surface area (Å²) in [6.45, 7) is 5.54. The molecular formula is C22H26N4O2S. The van der Waals surface area contributed by atoms with Crippen molar-refractivity contribution in [2.24, 2.45) is 5.92 Å². The van der Waals surface area contributed by atoms with Crippen molar-refractivity contribution in [2.75, 3.05) is 19.7 Å². The molecule has 0 bridgehead atoms. The van der Waals surface area contributed by atoms with Crippen LogP contribution < -0.4 is 10.3 Å². The van der Waals surface area contributed by atoms with E-state index in [1.807, 2.05) is 18.2 Å². The monoisotopic (exact) mass is 410 g/mol. The molecule has 1 aliphatic carbocycles. The van der Waals surface area contributed by atoms with Crippen LogP contribution in [0.25, 0.3) is 4.96 Å². The zero-order chi connectivity index (χ0) is 19.8. The number of rotatable bonds is 6. The molecule has 6 nitrogen and oxygen atoms in total. The first-order valence-corrected chi connectivity index (χ1v) is 11.3. The second kappa shape index (κ2) is 7.88. The second-order valence-electron chi connectivity index (χ2n) is 8.31. The average molecular weight is 411 g/mol. The van der Waals surface area contributed by atoms with E-state index < -0.39 is 0 Å². The average Bonchev–Trinajstić information content (AvgIpc) is 3.47. The first-order valence-electron chi connectivity index (χ1n) is 10.5. The molecule has 1 aromatic carbocycles. The molecule has 1 saturated heterocycles. The van der Waals surface area contributed by atoms with Crippen molar-refractivity contribution >= 4 is 16.3 Å². The Hall–Kier alpha value is -2.25. The number of hydrogen-bond acceptors (Lipinski definition) is 6. The molecule has 2 fully saturated rings. The third-order valence-corrected chi connectivity index (χ3v) is 6.87. The number of benzene rings is 1. The molecule has 3 aromatic rings. The van der Waals surface area contributed by atoms with E-state index in [0.29, 0.717) is 18.4 Å². The zero-order valence-corrected chi connectivity index (χ0v) is 17.5. The molecule has 1 saturated carbocycles. The molecule has 1 unspecified atom stereocenters. The predicted molar refractivity (Wildman–Crippen MR) is 114 cm³/mol. The van der Waals surface area contributed by atoms with Crippen molar-refractivity contribution in [3.63, 3.8) is 0 Å². The standard InChI is InChI=1S/C22H26N4O2S/c1-15-5-2-3-7-19(15)28-14-16-6-4-10-25(12-16)13-18-11-20(27)26-22(23-18)29-21(24-26)17-8-9-17/h2-3,5,7,11,16-17H,4,6,8-10,12-14H2,1H3. The Morgan fingerprint density at radius 2 is 2.10 bits per heavy atom. The number of piperidine rings is 1. The SMILES string of the molecule is Cc1ccccc1OCC1CCCN(Cc2cc(=O)n3nc(C4CC4)sc3n2)C1. The Morgan fingerprint density at radius 3 is 2.93 bits per heavy atom. The maximum Gasteiger partial charge on any atom is 0.275 e. The lowest BCUT2D eigenvalue weighted by Crippen LogP contribution is -2.37. The van der Waals surface area contributed by atoms with Crippen molar-refractivity contribution < 1.29 is 4.74 Å². The summed E-state index contributed by atoms with van der Waals surface area (Å²) in [4.78, 5) is 20.3. The van der Waals surface area contributed by atoms with Crippen LogP contribution in [0, 0.1) is 12.8 Å². The molecule has 2 aromatic heterocycles. The molecule has 7 heteroatoms. The Morgan fingerprint density at radius 1 is 1.24 bits per heavy atom. The lowest BCUT2D eigenvalue weighted by atomic mass is 9.99. The van der Waals surface area contributed by atoms with E-state index >= 15 is 0 Å². The molecule has 0 amide bonds. The minimum absolute atomic E-state index is 0.0652. The van der Waals surface area contributed by atoms with E-state index in [-0.39, 0.29) is 5.56 Å². The molecule has 5 rings (SSSR count). The van der Waals surface area contributed by atoms with Crippen LogP contribution in [0.3, 0.4) is 0 Å². The summed E-state index contributed by atoms with van der Waals surface area (Å²) in [5.74, 6) is 2.01. The lowest BCUT2D eigenvalue weighted by Gasteiger charge is -2.32. The fourth-order valence-electron chi connectivity index (χ4n) is 4.03. The smallest absolute Gasteiger partial charge is 0.275 e. The quantitative estimate of drug-likeness (QED) is 0.621. The van der Waals surface area contributed by atoms with Gasteiger partial charge in [-0.1, -0.05) is 29.5 Å². The number of nitrogens with zero attached hydrogens (tertiary/aromatic N) is 4. The third-order valence-electron chi connectivity index (χ3n) is 5.80. The minimum Gasteiger partial charge on any atom is -0.493 e. The Labute approximate surface area is 174 Å². The molecule has 1 atom stereocenters. The van der Waals surface area contributed by atoms with Gasteiger partial charge in [0.25, 0.3) is 5.56 Å². The van der Waals surface area contributed by atoms with Gasteiger partial charge in [-0.15, -0.1) is 0 Å². The van der Waals surface area contributed by atoms with Gasteiger partial charge in [0.2, 0.25) is 4.96 Å². The van der Waals surface area contributed by atoms with E-state index in [0.717, 1.165) is 47.5 Å². The van der Waals surface area contributed by atoms with Gasteiger partial charge in [0, 0.05) is 31.0 Å². The van der Waals surface area contributed by atoms with Gasteiger partial charge < -0.3 is 4.74 Å². The zero-order valence-electron chi connectivity index (χ0n) is 16.7. The topological polar surface area (TPSA) is 59.7 Å². The number of fused-ring (bicyclic) bond motifs is 1. The maximum atomic E-state index is 12.5. The highest BCUT2D eigenvalue weighted by molar-refractivity contribution is 7.16. The summed E-state index contributed by atoms with van der Waals surface area (Å²) in [6.07, 6.45) is 4.69. The summed E-state index contributed by atoms with van der Waals surface area (Å²) < 4.78 is 7.55. The molecule has 0 N–H and O–H groups in total. The summed E-state index contributed by atoms with van der Waals surface area (Å²) in [7, 11) is 0. The van der Waals surface area contributed by atoms with E-state index in [9.17, 15) is 4.79 Å². The van der Waals surface area contributed by atoms with Crippen LogP contribution in [0.2, 0.25) is 0 Å². The van der Waals surface area contributed by atoms with E-state index in [1.54, 1.807) is 17.4 Å². The van der Waals surface area contributed by atoms with Gasteiger partial charge in [0.1, 0.15) is 10.8 Å². The van der Waals surface area contributed by atoms with Gasteiger partial charge in [-0.05, 0) is 50.8 Å². The largest absolute Gasteiger partial charge is 0.493 e. The van der Waals surface area contributed by atoms with Crippen molar-refractivity contribution in [3.8, 4) is 5.75 Å². The number of aryl methyl sites for hydroxylation is 1. The Bertz CT molecular complexity index is 1070. The van der Waals surface area contributed by atoms with Crippen molar-refractivity contribution in [3.05, 3.63) is 57.0 Å². The summed E-state index contributed by atoms with van der Waals surface area (Å²) in [5.41, 5.74) is 1.96. The van der Waals surface area contributed by atoms with E-state index in [2.05, 4.69) is 23.0 Å². The van der Waals surface area contributed by atoms with Gasteiger partial charge >= 0.3 is 0 Å². The van der Waals surface area contributed by atoms with E-state index in [4.69, 9.17) is 9.72 Å².